The first kappa shape index (κ1) is 13.6. The number of benzene rings is 1. The van der Waals surface area contributed by atoms with Crippen molar-refractivity contribution in [2.45, 2.75) is 0 Å². The van der Waals surface area contributed by atoms with Gasteiger partial charge in [0.1, 0.15) is 11.6 Å². The molecule has 0 saturated carbocycles. The summed E-state index contributed by atoms with van der Waals surface area (Å²) in [5.74, 6) is -1.25. The third-order valence-electron chi connectivity index (χ3n) is 2.85. The first-order valence-corrected chi connectivity index (χ1v) is 5.94. The molecule has 0 aliphatic carbocycles. The van der Waals surface area contributed by atoms with Gasteiger partial charge in [-0.15, -0.1) is 0 Å². The lowest BCUT2D eigenvalue weighted by atomic mass is 10.1. The van der Waals surface area contributed by atoms with E-state index in [0.29, 0.717) is 5.69 Å². The largest absolute Gasteiger partial charge is 0.477 e. The number of carboxylic acid groups (broad SMARTS) is 1. The smallest absolute Gasteiger partial charge is 0.346 e. The fourth-order valence-electron chi connectivity index (χ4n) is 1.78. The molecule has 0 saturated heterocycles. The van der Waals surface area contributed by atoms with Gasteiger partial charge in [-0.1, -0.05) is 6.07 Å². The van der Waals surface area contributed by atoms with Gasteiger partial charge in [0.25, 0.3) is 0 Å². The number of aliphatic carboxylic acids is 1. The van der Waals surface area contributed by atoms with Crippen molar-refractivity contribution in [2.24, 2.45) is 0 Å². The summed E-state index contributed by atoms with van der Waals surface area (Å²) < 4.78 is 0. The molecule has 1 aromatic carbocycles. The number of carboxylic acids is 1. The molecule has 0 atom stereocenters. The highest BCUT2D eigenvalue weighted by Gasteiger charge is 2.07. The van der Waals surface area contributed by atoms with Crippen molar-refractivity contribution in [1.29, 1.82) is 5.26 Å². The van der Waals surface area contributed by atoms with Crippen LogP contribution >= 0.6 is 0 Å². The van der Waals surface area contributed by atoms with E-state index >= 15 is 0 Å². The van der Waals surface area contributed by atoms with Gasteiger partial charge in [0, 0.05) is 25.2 Å². The van der Waals surface area contributed by atoms with Gasteiger partial charge < -0.3 is 10.0 Å². The molecule has 0 fully saturated rings. The zero-order chi connectivity index (χ0) is 14.7. The van der Waals surface area contributed by atoms with Crippen LogP contribution in [-0.2, 0) is 4.79 Å². The quantitative estimate of drug-likeness (QED) is 0.682. The molecule has 0 aliphatic rings. The van der Waals surface area contributed by atoms with Crippen LogP contribution in [0, 0.1) is 11.3 Å². The molecule has 0 unspecified atom stereocenters. The Kier molecular flexibility index (Phi) is 3.67. The number of aromatic nitrogens is 1. The summed E-state index contributed by atoms with van der Waals surface area (Å²) in [6.45, 7) is 0. The summed E-state index contributed by atoms with van der Waals surface area (Å²) in [4.78, 5) is 17.1. The van der Waals surface area contributed by atoms with Gasteiger partial charge in [0.2, 0.25) is 0 Å². The Labute approximate surface area is 116 Å². The standard InChI is InChI=1S/C15H13N3O2/c1-18(2)13-5-6-14-10(8-13)3-4-12(17-14)7-11(9-16)15(19)20/h3-8H,1-2H3,(H,19,20). The van der Waals surface area contributed by atoms with E-state index < -0.39 is 5.97 Å². The Morgan fingerprint density at radius 2 is 2.10 bits per heavy atom. The van der Waals surface area contributed by atoms with Gasteiger partial charge >= 0.3 is 5.97 Å². The van der Waals surface area contributed by atoms with Crippen molar-refractivity contribution in [3.63, 3.8) is 0 Å². The van der Waals surface area contributed by atoms with Gasteiger partial charge in [0.05, 0.1) is 11.2 Å². The van der Waals surface area contributed by atoms with E-state index in [-0.39, 0.29) is 5.57 Å². The second kappa shape index (κ2) is 5.41. The van der Waals surface area contributed by atoms with Gasteiger partial charge in [-0.25, -0.2) is 9.78 Å². The minimum atomic E-state index is -1.25. The molecule has 0 radical (unpaired) electrons. The second-order valence-electron chi connectivity index (χ2n) is 4.48. The lowest BCUT2D eigenvalue weighted by Gasteiger charge is -2.12. The lowest BCUT2D eigenvalue weighted by molar-refractivity contribution is -0.132. The van der Waals surface area contributed by atoms with E-state index in [4.69, 9.17) is 10.4 Å². The van der Waals surface area contributed by atoms with Crippen molar-refractivity contribution in [1.82, 2.24) is 4.98 Å². The molecule has 0 spiro atoms. The molecule has 0 bridgehead atoms. The Morgan fingerprint density at radius 3 is 2.70 bits per heavy atom. The first-order valence-electron chi connectivity index (χ1n) is 5.94. The maximum atomic E-state index is 10.8. The van der Waals surface area contributed by atoms with Crippen molar-refractivity contribution in [3.8, 4) is 6.07 Å². The zero-order valence-electron chi connectivity index (χ0n) is 11.2. The number of carbonyl (C=O) groups is 1. The highest BCUT2D eigenvalue weighted by Crippen LogP contribution is 2.20. The molecule has 0 amide bonds. The maximum absolute atomic E-state index is 10.8. The fraction of sp³-hybridized carbons (Fsp3) is 0.133. The van der Waals surface area contributed by atoms with Crippen LogP contribution in [-0.4, -0.2) is 30.2 Å². The van der Waals surface area contributed by atoms with Crippen LogP contribution < -0.4 is 4.90 Å². The van der Waals surface area contributed by atoms with Crippen molar-refractivity contribution in [3.05, 3.63) is 41.6 Å². The van der Waals surface area contributed by atoms with Gasteiger partial charge in [-0.3, -0.25) is 0 Å². The number of nitrogens with zero attached hydrogens (tertiary/aromatic N) is 3. The monoisotopic (exact) mass is 267 g/mol. The summed E-state index contributed by atoms with van der Waals surface area (Å²) >= 11 is 0. The van der Waals surface area contributed by atoms with E-state index in [1.807, 2.05) is 43.3 Å². The normalized spacial score (nSPS) is 11.2. The van der Waals surface area contributed by atoms with E-state index in [2.05, 4.69) is 4.98 Å². The predicted molar refractivity (Wildman–Crippen MR) is 77.3 cm³/mol. The Hall–Kier alpha value is -2.87. The average molecular weight is 267 g/mol. The SMILES string of the molecule is CN(C)c1ccc2nc(C=C(C#N)C(=O)O)ccc2c1. The van der Waals surface area contributed by atoms with Crippen LogP contribution in [0.5, 0.6) is 0 Å². The van der Waals surface area contributed by atoms with Crippen LogP contribution in [0.1, 0.15) is 5.69 Å². The summed E-state index contributed by atoms with van der Waals surface area (Å²) in [6.07, 6.45) is 1.27. The number of pyridine rings is 1. The van der Waals surface area contributed by atoms with Crippen molar-refractivity contribution < 1.29 is 9.90 Å². The van der Waals surface area contributed by atoms with E-state index in [9.17, 15) is 4.79 Å². The highest BCUT2D eigenvalue weighted by atomic mass is 16.4. The molecule has 100 valence electrons. The van der Waals surface area contributed by atoms with Crippen molar-refractivity contribution >= 4 is 28.6 Å². The van der Waals surface area contributed by atoms with Crippen LogP contribution in [0.3, 0.4) is 0 Å². The molecule has 20 heavy (non-hydrogen) atoms. The molecule has 1 aromatic heterocycles. The van der Waals surface area contributed by atoms with Crippen LogP contribution in [0.4, 0.5) is 5.69 Å². The Balaban J connectivity index is 2.48. The fourth-order valence-corrected chi connectivity index (χ4v) is 1.78. The van der Waals surface area contributed by atoms with Gasteiger partial charge in [-0.2, -0.15) is 5.26 Å². The zero-order valence-corrected chi connectivity index (χ0v) is 11.2. The highest BCUT2D eigenvalue weighted by molar-refractivity contribution is 5.96. The van der Waals surface area contributed by atoms with Crippen LogP contribution in [0.15, 0.2) is 35.9 Å². The molecule has 2 aromatic rings. The molecular weight excluding hydrogens is 254 g/mol. The topological polar surface area (TPSA) is 77.2 Å². The summed E-state index contributed by atoms with van der Waals surface area (Å²) in [6, 6.07) is 11.0. The average Bonchev–Trinajstić information content (AvgIpc) is 2.43. The number of hydrogen-bond donors (Lipinski definition) is 1. The van der Waals surface area contributed by atoms with Gasteiger partial charge in [-0.05, 0) is 30.3 Å². The van der Waals surface area contributed by atoms with Crippen LogP contribution in [0.25, 0.3) is 17.0 Å². The van der Waals surface area contributed by atoms with Gasteiger partial charge in [0.15, 0.2) is 0 Å². The Morgan fingerprint density at radius 1 is 1.35 bits per heavy atom. The van der Waals surface area contributed by atoms with E-state index in [1.54, 1.807) is 12.1 Å². The van der Waals surface area contributed by atoms with Crippen LogP contribution in [0.2, 0.25) is 0 Å². The van der Waals surface area contributed by atoms with E-state index in [0.717, 1.165) is 16.6 Å². The first-order chi connectivity index (χ1) is 9.51. The molecule has 1 N–H and O–H groups in total. The number of fused-ring (bicyclic) bond motifs is 1. The minimum absolute atomic E-state index is 0.332. The molecule has 2 rings (SSSR count). The van der Waals surface area contributed by atoms with Crippen molar-refractivity contribution in [2.75, 3.05) is 19.0 Å². The van der Waals surface area contributed by atoms with E-state index in [1.165, 1.54) is 6.08 Å². The molecule has 1 heterocycles. The molecule has 5 heteroatoms. The summed E-state index contributed by atoms with van der Waals surface area (Å²) in [5.41, 5.74) is 1.94. The summed E-state index contributed by atoms with van der Waals surface area (Å²) in [7, 11) is 3.91. The lowest BCUT2D eigenvalue weighted by Crippen LogP contribution is -2.08. The summed E-state index contributed by atoms with van der Waals surface area (Å²) in [5, 5.41) is 18.5. The Bertz CT molecular complexity index is 742. The minimum Gasteiger partial charge on any atom is -0.477 e. The second-order valence-corrected chi connectivity index (χ2v) is 4.48. The number of nitriles is 1. The maximum Gasteiger partial charge on any atom is 0.346 e. The number of anilines is 1. The predicted octanol–water partition coefficient (Wildman–Crippen LogP) is 2.29. The molecule has 5 nitrogen and oxygen atoms in total. The number of rotatable bonds is 3. The third-order valence-corrected chi connectivity index (χ3v) is 2.85. The third kappa shape index (κ3) is 2.75. The number of hydrogen-bond acceptors (Lipinski definition) is 4. The molecular formula is C15H13N3O2. The molecule has 0 aliphatic heterocycles.